The molecule has 112 valence electrons. The Morgan fingerprint density at radius 3 is 2.47 bits per heavy atom. The quantitative estimate of drug-likeness (QED) is 0.727. The van der Waals surface area contributed by atoms with E-state index < -0.39 is 0 Å². The first-order chi connectivity index (χ1) is 8.99. The van der Waals surface area contributed by atoms with Crippen LogP contribution < -0.4 is 10.6 Å². The highest BCUT2D eigenvalue weighted by molar-refractivity contribution is 5.77. The molecule has 2 atom stereocenters. The molecule has 1 amide bonds. The molecule has 0 spiro atoms. The largest absolute Gasteiger partial charge is 0.355 e. The lowest BCUT2D eigenvalue weighted by atomic mass is 9.89. The van der Waals surface area contributed by atoms with Crippen molar-refractivity contribution in [3.05, 3.63) is 0 Å². The van der Waals surface area contributed by atoms with Crippen LogP contribution in [0.2, 0.25) is 0 Å². The molecular formula is C16H32N2O. The van der Waals surface area contributed by atoms with E-state index in [0.717, 1.165) is 18.4 Å². The molecule has 1 saturated carbocycles. The average molecular weight is 268 g/mol. The summed E-state index contributed by atoms with van der Waals surface area (Å²) in [5.74, 6) is 2.33. The van der Waals surface area contributed by atoms with Gasteiger partial charge >= 0.3 is 0 Å². The van der Waals surface area contributed by atoms with Gasteiger partial charge in [-0.2, -0.15) is 0 Å². The molecule has 0 saturated heterocycles. The summed E-state index contributed by atoms with van der Waals surface area (Å²) in [6, 6.07) is 0.536. The molecule has 0 aromatic heterocycles. The Hall–Kier alpha value is -0.570. The van der Waals surface area contributed by atoms with Crippen molar-refractivity contribution in [3.8, 4) is 0 Å². The van der Waals surface area contributed by atoms with Crippen molar-refractivity contribution in [1.29, 1.82) is 0 Å². The molecule has 1 aliphatic rings. The van der Waals surface area contributed by atoms with Gasteiger partial charge in [0.2, 0.25) is 5.91 Å². The van der Waals surface area contributed by atoms with Gasteiger partial charge in [-0.1, -0.05) is 40.5 Å². The summed E-state index contributed by atoms with van der Waals surface area (Å²) in [4.78, 5) is 11.7. The molecule has 3 nitrogen and oxygen atoms in total. The van der Waals surface area contributed by atoms with E-state index in [1.54, 1.807) is 0 Å². The highest BCUT2D eigenvalue weighted by atomic mass is 16.1. The Morgan fingerprint density at radius 1 is 1.11 bits per heavy atom. The maximum absolute atomic E-state index is 11.7. The molecule has 0 bridgehead atoms. The van der Waals surface area contributed by atoms with Gasteiger partial charge in [-0.05, 0) is 37.0 Å². The van der Waals surface area contributed by atoms with Crippen molar-refractivity contribution >= 4 is 5.91 Å². The minimum atomic E-state index is 0.137. The van der Waals surface area contributed by atoms with Gasteiger partial charge in [-0.15, -0.1) is 0 Å². The first kappa shape index (κ1) is 16.5. The summed E-state index contributed by atoms with van der Waals surface area (Å²) in [6.07, 6.45) is 6.41. The topological polar surface area (TPSA) is 41.1 Å². The molecule has 0 heterocycles. The maximum atomic E-state index is 11.7. The molecule has 2 unspecified atom stereocenters. The standard InChI is InChI=1S/C16H32N2O/c1-12(2)10-18-16(19)11-17-15-7-5-6-14(8-9-15)13(3)4/h12-15,17H,5-11H2,1-4H3,(H,18,19). The minimum absolute atomic E-state index is 0.137. The summed E-state index contributed by atoms with van der Waals surface area (Å²) in [6.45, 7) is 10.1. The van der Waals surface area contributed by atoms with Crippen molar-refractivity contribution in [1.82, 2.24) is 10.6 Å². The molecule has 1 fully saturated rings. The molecule has 19 heavy (non-hydrogen) atoms. The number of hydrogen-bond donors (Lipinski definition) is 2. The number of carbonyl (C=O) groups excluding carboxylic acids is 1. The van der Waals surface area contributed by atoms with Gasteiger partial charge in [0.05, 0.1) is 6.54 Å². The van der Waals surface area contributed by atoms with Crippen LogP contribution >= 0.6 is 0 Å². The van der Waals surface area contributed by atoms with Gasteiger partial charge < -0.3 is 10.6 Å². The van der Waals surface area contributed by atoms with Gasteiger partial charge in [0.1, 0.15) is 0 Å². The van der Waals surface area contributed by atoms with Crippen LogP contribution in [0.15, 0.2) is 0 Å². The maximum Gasteiger partial charge on any atom is 0.233 e. The molecule has 0 aromatic carbocycles. The van der Waals surface area contributed by atoms with Crippen LogP contribution in [-0.2, 0) is 4.79 Å². The van der Waals surface area contributed by atoms with Crippen molar-refractivity contribution < 1.29 is 4.79 Å². The van der Waals surface area contributed by atoms with E-state index in [2.05, 4.69) is 38.3 Å². The lowest BCUT2D eigenvalue weighted by Gasteiger charge is -2.19. The third-order valence-electron chi connectivity index (χ3n) is 4.22. The predicted octanol–water partition coefficient (Wildman–Crippen LogP) is 2.95. The Bertz CT molecular complexity index is 263. The molecule has 0 aliphatic heterocycles. The van der Waals surface area contributed by atoms with Crippen LogP contribution in [-0.4, -0.2) is 25.0 Å². The van der Waals surface area contributed by atoms with Crippen molar-refractivity contribution in [2.75, 3.05) is 13.1 Å². The van der Waals surface area contributed by atoms with Crippen LogP contribution in [0.4, 0.5) is 0 Å². The fraction of sp³-hybridized carbons (Fsp3) is 0.938. The van der Waals surface area contributed by atoms with Gasteiger partial charge in [-0.3, -0.25) is 4.79 Å². The highest BCUT2D eigenvalue weighted by Crippen LogP contribution is 2.28. The summed E-state index contributed by atoms with van der Waals surface area (Å²) >= 11 is 0. The fourth-order valence-electron chi connectivity index (χ4n) is 2.82. The number of carbonyl (C=O) groups is 1. The number of hydrogen-bond acceptors (Lipinski definition) is 2. The second-order valence-electron chi connectivity index (χ2n) is 6.79. The van der Waals surface area contributed by atoms with Gasteiger partial charge in [0, 0.05) is 12.6 Å². The van der Waals surface area contributed by atoms with E-state index in [-0.39, 0.29) is 5.91 Å². The van der Waals surface area contributed by atoms with Gasteiger partial charge in [-0.25, -0.2) is 0 Å². The molecule has 2 N–H and O–H groups in total. The first-order valence-corrected chi connectivity index (χ1v) is 7.99. The second kappa shape index (κ2) is 8.57. The molecule has 0 aromatic rings. The van der Waals surface area contributed by atoms with Crippen LogP contribution in [0.25, 0.3) is 0 Å². The van der Waals surface area contributed by atoms with Crippen LogP contribution in [0.5, 0.6) is 0 Å². The lowest BCUT2D eigenvalue weighted by molar-refractivity contribution is -0.120. The Balaban J connectivity index is 2.21. The van der Waals surface area contributed by atoms with E-state index in [4.69, 9.17) is 0 Å². The van der Waals surface area contributed by atoms with Gasteiger partial charge in [0.25, 0.3) is 0 Å². The Labute approximate surface area is 118 Å². The monoisotopic (exact) mass is 268 g/mol. The molecule has 0 radical (unpaired) electrons. The van der Waals surface area contributed by atoms with Crippen molar-refractivity contribution in [2.45, 2.75) is 65.8 Å². The van der Waals surface area contributed by atoms with Crippen LogP contribution in [0.3, 0.4) is 0 Å². The highest BCUT2D eigenvalue weighted by Gasteiger charge is 2.21. The van der Waals surface area contributed by atoms with Crippen molar-refractivity contribution in [3.63, 3.8) is 0 Å². The first-order valence-electron chi connectivity index (χ1n) is 7.99. The molecule has 3 heteroatoms. The van der Waals surface area contributed by atoms with E-state index in [1.165, 1.54) is 32.1 Å². The average Bonchev–Trinajstić information content (AvgIpc) is 2.59. The van der Waals surface area contributed by atoms with E-state index >= 15 is 0 Å². The zero-order valence-electron chi connectivity index (χ0n) is 13.2. The smallest absolute Gasteiger partial charge is 0.233 e. The third-order valence-corrected chi connectivity index (χ3v) is 4.22. The fourth-order valence-corrected chi connectivity index (χ4v) is 2.82. The number of amides is 1. The van der Waals surface area contributed by atoms with E-state index in [9.17, 15) is 4.79 Å². The summed E-state index contributed by atoms with van der Waals surface area (Å²) < 4.78 is 0. The van der Waals surface area contributed by atoms with E-state index in [0.29, 0.717) is 18.5 Å². The zero-order chi connectivity index (χ0) is 14.3. The predicted molar refractivity (Wildman–Crippen MR) is 81.1 cm³/mol. The van der Waals surface area contributed by atoms with E-state index in [1.807, 2.05) is 0 Å². The zero-order valence-corrected chi connectivity index (χ0v) is 13.2. The lowest BCUT2D eigenvalue weighted by Crippen LogP contribution is -2.40. The normalized spacial score (nSPS) is 24.5. The molecule has 1 rings (SSSR count). The molecular weight excluding hydrogens is 236 g/mol. The third kappa shape index (κ3) is 6.95. The Morgan fingerprint density at radius 2 is 1.84 bits per heavy atom. The summed E-state index contributed by atoms with van der Waals surface area (Å²) in [7, 11) is 0. The number of nitrogens with one attached hydrogen (secondary N) is 2. The Kier molecular flexibility index (Phi) is 7.44. The molecule has 1 aliphatic carbocycles. The SMILES string of the molecule is CC(C)CNC(=O)CNC1CCCC(C(C)C)CC1. The summed E-state index contributed by atoms with van der Waals surface area (Å²) in [5.41, 5.74) is 0. The minimum Gasteiger partial charge on any atom is -0.355 e. The number of rotatable bonds is 6. The van der Waals surface area contributed by atoms with Crippen LogP contribution in [0.1, 0.15) is 59.8 Å². The van der Waals surface area contributed by atoms with Gasteiger partial charge in [0.15, 0.2) is 0 Å². The van der Waals surface area contributed by atoms with Crippen LogP contribution in [0, 0.1) is 17.8 Å². The summed E-state index contributed by atoms with van der Waals surface area (Å²) in [5, 5.41) is 6.40. The second-order valence-corrected chi connectivity index (χ2v) is 6.79. The van der Waals surface area contributed by atoms with Crippen molar-refractivity contribution in [2.24, 2.45) is 17.8 Å².